The molecule has 0 saturated carbocycles. The first-order valence-corrected chi connectivity index (χ1v) is 8.94. The fraction of sp³-hybridized carbons (Fsp3) is 0.500. The van der Waals surface area contributed by atoms with Crippen LogP contribution in [0.2, 0.25) is 5.02 Å². The molecule has 1 N–H and O–H groups in total. The number of fused-ring (bicyclic) bond motifs is 1. The van der Waals surface area contributed by atoms with E-state index in [4.69, 9.17) is 16.7 Å². The van der Waals surface area contributed by atoms with Crippen molar-refractivity contribution in [1.82, 2.24) is 14.7 Å². The summed E-state index contributed by atoms with van der Waals surface area (Å²) in [6, 6.07) is 6.01. The van der Waals surface area contributed by atoms with Crippen molar-refractivity contribution < 1.29 is 0 Å². The number of nitrogens with one attached hydrogen (secondary N) is 1. The second-order valence-corrected chi connectivity index (χ2v) is 7.07. The predicted octanol–water partition coefficient (Wildman–Crippen LogP) is 3.79. The number of aromatic nitrogens is 2. The van der Waals surface area contributed by atoms with Crippen LogP contribution >= 0.6 is 11.6 Å². The number of halogens is 1. The zero-order valence-electron chi connectivity index (χ0n) is 13.6. The monoisotopic (exact) mass is 330 g/mol. The molecule has 1 aromatic heterocycles. The van der Waals surface area contributed by atoms with Crippen molar-refractivity contribution in [2.75, 3.05) is 25.0 Å². The lowest BCUT2D eigenvalue weighted by Gasteiger charge is -2.25. The second kappa shape index (κ2) is 6.17. The van der Waals surface area contributed by atoms with Gasteiger partial charge in [0.05, 0.1) is 11.4 Å². The molecule has 2 aromatic rings. The van der Waals surface area contributed by atoms with E-state index in [2.05, 4.69) is 27.9 Å². The Kier molecular flexibility index (Phi) is 4.04. The van der Waals surface area contributed by atoms with E-state index in [9.17, 15) is 0 Å². The van der Waals surface area contributed by atoms with E-state index < -0.39 is 0 Å². The Morgan fingerprint density at radius 2 is 2.04 bits per heavy atom. The standard InChI is InChI=1S/C18H23ClN4/c1-13-5-6-14(19)11-17(13)23-18-15(7-8-20-18)16(21-23)12-22-9-3-2-4-10-22/h5-6,11,20H,2-4,7-10,12H2,1H3. The first-order valence-electron chi connectivity index (χ1n) is 8.56. The molecule has 0 radical (unpaired) electrons. The van der Waals surface area contributed by atoms with Crippen LogP contribution in [0.3, 0.4) is 0 Å². The molecular weight excluding hydrogens is 308 g/mol. The number of rotatable bonds is 3. The van der Waals surface area contributed by atoms with Gasteiger partial charge in [-0.2, -0.15) is 5.10 Å². The summed E-state index contributed by atoms with van der Waals surface area (Å²) in [6.07, 6.45) is 5.06. The molecule has 5 heteroatoms. The van der Waals surface area contributed by atoms with Gasteiger partial charge >= 0.3 is 0 Å². The zero-order valence-corrected chi connectivity index (χ0v) is 14.4. The molecule has 2 aliphatic heterocycles. The number of aryl methyl sites for hydroxylation is 1. The molecule has 23 heavy (non-hydrogen) atoms. The summed E-state index contributed by atoms with van der Waals surface area (Å²) in [4.78, 5) is 2.54. The van der Waals surface area contributed by atoms with Crippen molar-refractivity contribution in [2.24, 2.45) is 0 Å². The van der Waals surface area contributed by atoms with E-state index in [1.54, 1.807) is 0 Å². The lowest BCUT2D eigenvalue weighted by atomic mass is 10.1. The number of piperidine rings is 1. The van der Waals surface area contributed by atoms with Gasteiger partial charge in [-0.3, -0.25) is 4.90 Å². The molecule has 4 rings (SSSR count). The van der Waals surface area contributed by atoms with Gasteiger partial charge < -0.3 is 5.32 Å². The Morgan fingerprint density at radius 3 is 2.87 bits per heavy atom. The molecule has 2 aliphatic rings. The smallest absolute Gasteiger partial charge is 0.133 e. The Balaban J connectivity index is 1.71. The molecule has 1 fully saturated rings. The van der Waals surface area contributed by atoms with Gasteiger partial charge in [-0.1, -0.05) is 24.1 Å². The number of likely N-dealkylation sites (tertiary alicyclic amines) is 1. The molecule has 0 aliphatic carbocycles. The molecule has 0 amide bonds. The molecule has 0 spiro atoms. The third kappa shape index (κ3) is 2.86. The molecule has 4 nitrogen and oxygen atoms in total. The lowest BCUT2D eigenvalue weighted by Crippen LogP contribution is -2.29. The van der Waals surface area contributed by atoms with Gasteiger partial charge in [-0.25, -0.2) is 4.68 Å². The largest absolute Gasteiger partial charge is 0.369 e. The molecule has 122 valence electrons. The maximum atomic E-state index is 6.21. The Hall–Kier alpha value is -1.52. The number of hydrogen-bond acceptors (Lipinski definition) is 3. The van der Waals surface area contributed by atoms with Crippen molar-refractivity contribution in [3.63, 3.8) is 0 Å². The summed E-state index contributed by atoms with van der Waals surface area (Å²) in [7, 11) is 0. The van der Waals surface area contributed by atoms with Gasteiger partial charge in [0, 0.05) is 23.7 Å². The average molecular weight is 331 g/mol. The number of benzene rings is 1. The molecule has 1 saturated heterocycles. The van der Waals surface area contributed by atoms with E-state index in [-0.39, 0.29) is 0 Å². The second-order valence-electron chi connectivity index (χ2n) is 6.63. The van der Waals surface area contributed by atoms with Gasteiger partial charge in [0.2, 0.25) is 0 Å². The fourth-order valence-electron chi connectivity index (χ4n) is 3.69. The van der Waals surface area contributed by atoms with E-state index in [1.165, 1.54) is 49.2 Å². The van der Waals surface area contributed by atoms with Gasteiger partial charge in [-0.15, -0.1) is 0 Å². The first kappa shape index (κ1) is 15.0. The van der Waals surface area contributed by atoms with Crippen LogP contribution in [-0.4, -0.2) is 34.3 Å². The first-order chi connectivity index (χ1) is 11.2. The third-order valence-corrected chi connectivity index (χ3v) is 5.19. The highest BCUT2D eigenvalue weighted by Crippen LogP contribution is 2.31. The summed E-state index contributed by atoms with van der Waals surface area (Å²) in [5.41, 5.74) is 4.88. The normalized spacial score (nSPS) is 18.0. The van der Waals surface area contributed by atoms with Crippen molar-refractivity contribution in [3.8, 4) is 5.69 Å². The minimum Gasteiger partial charge on any atom is -0.369 e. The van der Waals surface area contributed by atoms with Crippen molar-refractivity contribution in [3.05, 3.63) is 40.0 Å². The Bertz CT molecular complexity index is 716. The molecule has 3 heterocycles. The summed E-state index contributed by atoms with van der Waals surface area (Å²) in [6.45, 7) is 6.48. The maximum Gasteiger partial charge on any atom is 0.133 e. The van der Waals surface area contributed by atoms with Crippen molar-refractivity contribution >= 4 is 17.4 Å². The summed E-state index contributed by atoms with van der Waals surface area (Å²) < 4.78 is 2.06. The van der Waals surface area contributed by atoms with E-state index >= 15 is 0 Å². The van der Waals surface area contributed by atoms with Crippen LogP contribution in [0.1, 0.15) is 36.1 Å². The van der Waals surface area contributed by atoms with Crippen molar-refractivity contribution in [1.29, 1.82) is 0 Å². The van der Waals surface area contributed by atoms with Crippen LogP contribution in [0.25, 0.3) is 5.69 Å². The quantitative estimate of drug-likeness (QED) is 0.929. The summed E-state index contributed by atoms with van der Waals surface area (Å²) in [5.74, 6) is 1.15. The van der Waals surface area contributed by atoms with Gasteiger partial charge in [-0.05, 0) is 57.0 Å². The van der Waals surface area contributed by atoms with Crippen molar-refractivity contribution in [2.45, 2.75) is 39.2 Å². The van der Waals surface area contributed by atoms with Crippen LogP contribution in [0.4, 0.5) is 5.82 Å². The van der Waals surface area contributed by atoms with Crippen LogP contribution in [0.15, 0.2) is 18.2 Å². The maximum absolute atomic E-state index is 6.21. The van der Waals surface area contributed by atoms with Gasteiger partial charge in [0.1, 0.15) is 5.82 Å². The minimum atomic E-state index is 0.755. The lowest BCUT2D eigenvalue weighted by molar-refractivity contribution is 0.217. The highest BCUT2D eigenvalue weighted by Gasteiger charge is 2.25. The van der Waals surface area contributed by atoms with Gasteiger partial charge in [0.25, 0.3) is 0 Å². The van der Waals surface area contributed by atoms with Crippen LogP contribution in [0, 0.1) is 6.92 Å². The van der Waals surface area contributed by atoms with Gasteiger partial charge in [0.15, 0.2) is 0 Å². The van der Waals surface area contributed by atoms with E-state index in [0.29, 0.717) is 0 Å². The Morgan fingerprint density at radius 1 is 1.22 bits per heavy atom. The molecular formula is C18H23ClN4. The summed E-state index contributed by atoms with van der Waals surface area (Å²) in [5, 5.41) is 9.22. The summed E-state index contributed by atoms with van der Waals surface area (Å²) >= 11 is 6.21. The minimum absolute atomic E-state index is 0.755. The Labute approximate surface area is 142 Å². The van der Waals surface area contributed by atoms with E-state index in [1.807, 2.05) is 12.1 Å². The van der Waals surface area contributed by atoms with Crippen LogP contribution < -0.4 is 5.32 Å². The number of nitrogens with zero attached hydrogens (tertiary/aromatic N) is 3. The zero-order chi connectivity index (χ0) is 15.8. The molecule has 0 atom stereocenters. The van der Waals surface area contributed by atoms with E-state index in [0.717, 1.165) is 36.0 Å². The highest BCUT2D eigenvalue weighted by molar-refractivity contribution is 6.30. The number of hydrogen-bond donors (Lipinski definition) is 1. The molecule has 1 aromatic carbocycles. The van der Waals surface area contributed by atoms with Crippen LogP contribution in [0.5, 0.6) is 0 Å². The SMILES string of the molecule is Cc1ccc(Cl)cc1-n1nc(CN2CCCCC2)c2c1NCC2. The average Bonchev–Trinajstić information content (AvgIpc) is 3.15. The highest BCUT2D eigenvalue weighted by atomic mass is 35.5. The fourth-order valence-corrected chi connectivity index (χ4v) is 3.85. The third-order valence-electron chi connectivity index (χ3n) is 4.96. The van der Waals surface area contributed by atoms with Crippen LogP contribution in [-0.2, 0) is 13.0 Å². The molecule has 0 unspecified atom stereocenters. The predicted molar refractivity (Wildman–Crippen MR) is 94.6 cm³/mol. The number of anilines is 1. The molecule has 0 bridgehead atoms. The topological polar surface area (TPSA) is 33.1 Å².